The first-order chi connectivity index (χ1) is 26.7. The predicted octanol–water partition coefficient (Wildman–Crippen LogP) is 13.2. The molecule has 8 heteroatoms. The highest BCUT2D eigenvalue weighted by Gasteiger charge is 2.50. The Morgan fingerprint density at radius 2 is 0.636 bits per heavy atom. The Hall–Kier alpha value is -5.02. The molecule has 0 fully saturated rings. The van der Waals surface area contributed by atoms with Gasteiger partial charge in [-0.25, -0.2) is 0 Å². The molecule has 55 heavy (non-hydrogen) atoms. The van der Waals surface area contributed by atoms with Crippen LogP contribution in [0.3, 0.4) is 0 Å². The largest absolute Gasteiger partial charge is 0.530 e. The molecule has 0 radical (unpaired) electrons. The molecule has 6 aromatic carbocycles. The fourth-order valence-electron chi connectivity index (χ4n) is 7.96. The molecular weight excluding hydrogens is 722 g/mol. The van der Waals surface area contributed by atoms with Crippen molar-refractivity contribution in [3.63, 3.8) is 0 Å². The maximum absolute atomic E-state index is 7.00. The summed E-state index contributed by atoms with van der Waals surface area (Å²) in [6, 6.07) is 40.5. The van der Waals surface area contributed by atoms with Crippen molar-refractivity contribution >= 4 is 17.2 Å². The lowest BCUT2D eigenvalue weighted by Gasteiger charge is -2.31. The summed E-state index contributed by atoms with van der Waals surface area (Å²) in [6.45, 7) is 12.5. The van der Waals surface area contributed by atoms with Crippen LogP contribution in [0.2, 0.25) is 0 Å². The van der Waals surface area contributed by atoms with E-state index in [-0.39, 0.29) is 5.41 Å². The van der Waals surface area contributed by atoms with E-state index in [2.05, 4.69) is 38.1 Å². The monoisotopic (exact) mass is 768 g/mol. The van der Waals surface area contributed by atoms with Crippen molar-refractivity contribution in [3.05, 3.63) is 177 Å². The second kappa shape index (κ2) is 15.6. The quantitative estimate of drug-likeness (QED) is 0.116. The molecule has 2 aliphatic carbocycles. The van der Waals surface area contributed by atoms with Gasteiger partial charge < -0.3 is 27.1 Å². The molecule has 0 unspecified atom stereocenters. The van der Waals surface area contributed by atoms with Crippen LogP contribution >= 0.6 is 17.2 Å². The Morgan fingerprint density at radius 3 is 0.945 bits per heavy atom. The summed E-state index contributed by atoms with van der Waals surface area (Å²) >= 11 is 0. The highest BCUT2D eigenvalue weighted by atomic mass is 31.2. The molecule has 0 aliphatic heterocycles. The summed E-state index contributed by atoms with van der Waals surface area (Å²) in [4.78, 5) is 0. The average Bonchev–Trinajstić information content (AvgIpc) is 3.77. The predicted molar refractivity (Wildman–Crippen MR) is 222 cm³/mol. The molecule has 6 aromatic rings. The van der Waals surface area contributed by atoms with Gasteiger partial charge in [-0.1, -0.05) is 84.9 Å². The number of aryl methyl sites for hydroxylation is 6. The van der Waals surface area contributed by atoms with Crippen LogP contribution < -0.4 is 27.1 Å². The van der Waals surface area contributed by atoms with Gasteiger partial charge in [0.1, 0.15) is 34.5 Å². The molecule has 0 saturated heterocycles. The molecule has 0 bridgehead atoms. The van der Waals surface area contributed by atoms with Crippen LogP contribution in [0.1, 0.15) is 68.5 Å². The Labute approximate surface area is 327 Å². The summed E-state index contributed by atoms with van der Waals surface area (Å²) in [5, 5.41) is 0. The van der Waals surface area contributed by atoms with Crippen molar-refractivity contribution in [1.82, 2.24) is 0 Å². The lowest BCUT2D eigenvalue weighted by molar-refractivity contribution is 0.374. The van der Waals surface area contributed by atoms with Crippen LogP contribution in [0.4, 0.5) is 0 Å². The number of hydrogen-bond donors (Lipinski definition) is 0. The maximum atomic E-state index is 7.00. The topological polar surface area (TPSA) is 55.4 Å². The van der Waals surface area contributed by atoms with Gasteiger partial charge in [-0.15, -0.1) is 0 Å². The molecule has 0 atom stereocenters. The molecule has 0 aromatic heterocycles. The molecule has 0 amide bonds. The second-order valence-electron chi connectivity index (χ2n) is 14.6. The van der Waals surface area contributed by atoms with E-state index in [4.69, 9.17) is 27.1 Å². The van der Waals surface area contributed by atoms with Gasteiger partial charge in [0, 0.05) is 16.5 Å². The van der Waals surface area contributed by atoms with Crippen molar-refractivity contribution < 1.29 is 27.1 Å². The van der Waals surface area contributed by atoms with Gasteiger partial charge in [-0.05, 0) is 148 Å². The van der Waals surface area contributed by atoms with E-state index in [0.29, 0.717) is 0 Å². The maximum Gasteiger partial charge on any atom is 0.530 e. The fourth-order valence-corrected chi connectivity index (χ4v) is 10.3. The lowest BCUT2D eigenvalue weighted by atomic mass is 9.75. The third-order valence-electron chi connectivity index (χ3n) is 11.0. The Bertz CT molecular complexity index is 2100. The van der Waals surface area contributed by atoms with Crippen LogP contribution in [0.15, 0.2) is 121 Å². The number of benzene rings is 6. The molecule has 0 N–H and O–H groups in total. The van der Waals surface area contributed by atoms with Gasteiger partial charge in [0.25, 0.3) is 0 Å². The van der Waals surface area contributed by atoms with E-state index < -0.39 is 17.2 Å². The molecule has 0 heterocycles. The molecule has 1 spiro atoms. The van der Waals surface area contributed by atoms with Gasteiger partial charge in [-0.3, -0.25) is 0 Å². The summed E-state index contributed by atoms with van der Waals surface area (Å²) < 4.78 is 40.5. The minimum Gasteiger partial charge on any atom is -0.408 e. The van der Waals surface area contributed by atoms with Crippen LogP contribution in [0, 0.1) is 41.5 Å². The number of fused-ring (bicyclic) bond motifs is 4. The summed E-state index contributed by atoms with van der Waals surface area (Å²) in [5.74, 6) is 4.48. The third-order valence-corrected chi connectivity index (χ3v) is 13.1. The van der Waals surface area contributed by atoms with Crippen molar-refractivity contribution in [2.75, 3.05) is 0 Å². The zero-order chi connectivity index (χ0) is 38.1. The highest BCUT2D eigenvalue weighted by molar-refractivity contribution is 7.43. The Morgan fingerprint density at radius 1 is 0.345 bits per heavy atom. The summed E-state index contributed by atoms with van der Waals surface area (Å²) in [5.41, 5.74) is 11.2. The molecule has 280 valence electrons. The van der Waals surface area contributed by atoms with Crippen molar-refractivity contribution in [2.45, 2.75) is 72.6 Å². The summed E-state index contributed by atoms with van der Waals surface area (Å²) in [6.07, 6.45) is 3.71. The zero-order valence-corrected chi connectivity index (χ0v) is 34.0. The highest BCUT2D eigenvalue weighted by Crippen LogP contribution is 2.61. The molecule has 6 nitrogen and oxygen atoms in total. The van der Waals surface area contributed by atoms with Gasteiger partial charge in [0.2, 0.25) is 0 Å². The van der Waals surface area contributed by atoms with Crippen molar-refractivity contribution in [3.8, 4) is 34.5 Å². The van der Waals surface area contributed by atoms with E-state index in [9.17, 15) is 0 Å². The van der Waals surface area contributed by atoms with E-state index in [0.717, 1.165) is 82.4 Å². The van der Waals surface area contributed by atoms with E-state index in [1.54, 1.807) is 0 Å². The number of rotatable bonds is 12. The van der Waals surface area contributed by atoms with Crippen LogP contribution in [-0.2, 0) is 18.3 Å². The van der Waals surface area contributed by atoms with Gasteiger partial charge in [0.05, 0.1) is 0 Å². The second-order valence-corrected chi connectivity index (χ2v) is 16.6. The van der Waals surface area contributed by atoms with E-state index >= 15 is 0 Å². The molecular formula is C47H46O6P2. The zero-order valence-electron chi connectivity index (χ0n) is 32.2. The standard InChI is InChI=1S/C47H46O6P2/c1-31-23-25-43(52-54(48-39-19-11-7-15-33(39)3)49-40-20-12-8-16-34(40)4)45-37(31)27-29-47(45)30-28-38-32(2)24-26-44(46(38)47)53-55(50-41-21-13-9-17-35(41)5)51-42-22-14-10-18-36(42)6/h7-26H,27-30H2,1-6H3. The average molecular weight is 769 g/mol. The smallest absolute Gasteiger partial charge is 0.408 e. The van der Waals surface area contributed by atoms with Crippen LogP contribution in [-0.4, -0.2) is 0 Å². The van der Waals surface area contributed by atoms with Gasteiger partial charge in [-0.2, -0.15) is 0 Å². The first-order valence-electron chi connectivity index (χ1n) is 18.9. The first-order valence-corrected chi connectivity index (χ1v) is 21.1. The Balaban J connectivity index is 1.21. The molecule has 8 rings (SSSR count). The third kappa shape index (κ3) is 7.39. The van der Waals surface area contributed by atoms with Gasteiger partial charge >= 0.3 is 17.2 Å². The molecule has 2 aliphatic rings. The van der Waals surface area contributed by atoms with Crippen molar-refractivity contribution in [2.24, 2.45) is 0 Å². The summed E-state index contributed by atoms with van der Waals surface area (Å²) in [7, 11) is -3.79. The number of para-hydroxylation sites is 4. The van der Waals surface area contributed by atoms with E-state index in [1.165, 1.54) is 33.4 Å². The number of hydrogen-bond acceptors (Lipinski definition) is 6. The normalized spacial score (nSPS) is 13.8. The van der Waals surface area contributed by atoms with Crippen LogP contribution in [0.5, 0.6) is 34.5 Å². The first kappa shape index (κ1) is 36.9. The minimum atomic E-state index is -1.90. The molecule has 0 saturated carbocycles. The lowest BCUT2D eigenvalue weighted by Crippen LogP contribution is -2.23. The SMILES string of the molecule is Cc1ccccc1OP(Oc1ccccc1C)Oc1ccc(C)c2c1C1(CC2)CCc2c(C)ccc(OP(Oc3ccccc3C)Oc3ccccc3C)c21. The fraction of sp³-hybridized carbons (Fsp3) is 0.234. The Kier molecular flexibility index (Phi) is 10.5. The van der Waals surface area contributed by atoms with E-state index in [1.807, 2.05) is 125 Å². The van der Waals surface area contributed by atoms with Crippen LogP contribution in [0.25, 0.3) is 0 Å². The van der Waals surface area contributed by atoms with Crippen molar-refractivity contribution in [1.29, 1.82) is 0 Å². The minimum absolute atomic E-state index is 0.355. The van der Waals surface area contributed by atoms with Gasteiger partial charge in [0.15, 0.2) is 0 Å².